The summed E-state index contributed by atoms with van der Waals surface area (Å²) < 4.78 is 4.96. The van der Waals surface area contributed by atoms with E-state index in [1.165, 1.54) is 6.20 Å². The molecule has 2 N–H and O–H groups in total. The Morgan fingerprint density at radius 2 is 1.75 bits per heavy atom. The molecular formula is C19H21N7O2. The lowest BCUT2D eigenvalue weighted by Gasteiger charge is -2.35. The summed E-state index contributed by atoms with van der Waals surface area (Å²) in [5, 5.41) is 0. The first-order valence-electron chi connectivity index (χ1n) is 9.17. The van der Waals surface area contributed by atoms with Crippen LogP contribution in [-0.4, -0.2) is 58.7 Å². The van der Waals surface area contributed by atoms with Crippen LogP contribution < -0.4 is 15.5 Å². The molecule has 0 aliphatic carbocycles. The molecule has 0 radical (unpaired) electrons. The highest BCUT2D eigenvalue weighted by molar-refractivity contribution is 5.93. The van der Waals surface area contributed by atoms with Crippen LogP contribution in [0.15, 0.2) is 36.7 Å². The zero-order valence-corrected chi connectivity index (χ0v) is 15.6. The molecule has 1 aliphatic rings. The van der Waals surface area contributed by atoms with Gasteiger partial charge in [0.2, 0.25) is 5.95 Å². The van der Waals surface area contributed by atoms with E-state index in [2.05, 4.69) is 19.9 Å². The number of rotatable bonds is 4. The van der Waals surface area contributed by atoms with Crippen molar-refractivity contribution in [3.05, 3.63) is 42.2 Å². The Morgan fingerprint density at radius 3 is 2.46 bits per heavy atom. The zero-order chi connectivity index (χ0) is 19.5. The van der Waals surface area contributed by atoms with Crippen molar-refractivity contribution in [2.75, 3.05) is 48.3 Å². The highest BCUT2D eigenvalue weighted by Gasteiger charge is 2.22. The van der Waals surface area contributed by atoms with E-state index in [-0.39, 0.29) is 18.0 Å². The van der Waals surface area contributed by atoms with Gasteiger partial charge in [0, 0.05) is 32.4 Å². The molecule has 1 saturated heterocycles. The second kappa shape index (κ2) is 7.63. The van der Waals surface area contributed by atoms with E-state index in [9.17, 15) is 4.79 Å². The summed E-state index contributed by atoms with van der Waals surface area (Å²) in [7, 11) is 0. The molecule has 2 aromatic heterocycles. The summed E-state index contributed by atoms with van der Waals surface area (Å²) in [5.41, 5.74) is 7.88. The number of ether oxygens (including phenoxy) is 1. The summed E-state index contributed by atoms with van der Waals surface area (Å²) in [4.78, 5) is 33.8. The van der Waals surface area contributed by atoms with Gasteiger partial charge in [0.1, 0.15) is 17.2 Å². The highest BCUT2D eigenvalue weighted by Crippen LogP contribution is 2.20. The topological polar surface area (TPSA) is 110 Å². The maximum atomic E-state index is 11.8. The maximum Gasteiger partial charge on any atom is 0.343 e. The third-order valence-electron chi connectivity index (χ3n) is 4.62. The van der Waals surface area contributed by atoms with E-state index < -0.39 is 5.97 Å². The molecule has 4 rings (SSSR count). The SMILES string of the molecule is CCOC(=O)c1cnc(N2CCN(c3cnc4ccccc4n3)CC2)nc1N. The molecule has 9 nitrogen and oxygen atoms in total. The molecule has 144 valence electrons. The van der Waals surface area contributed by atoms with E-state index in [1.807, 2.05) is 29.2 Å². The largest absolute Gasteiger partial charge is 0.462 e. The summed E-state index contributed by atoms with van der Waals surface area (Å²) >= 11 is 0. The fraction of sp³-hybridized carbons (Fsp3) is 0.316. The molecule has 28 heavy (non-hydrogen) atoms. The first-order valence-corrected chi connectivity index (χ1v) is 9.17. The second-order valence-corrected chi connectivity index (χ2v) is 6.38. The number of benzene rings is 1. The number of carbonyl (C=O) groups excluding carboxylic acids is 1. The van der Waals surface area contributed by atoms with Gasteiger partial charge in [-0.2, -0.15) is 4.98 Å². The molecule has 0 spiro atoms. The first-order chi connectivity index (χ1) is 13.7. The van der Waals surface area contributed by atoms with E-state index in [4.69, 9.17) is 15.5 Å². The van der Waals surface area contributed by atoms with Crippen LogP contribution in [0.4, 0.5) is 17.6 Å². The van der Waals surface area contributed by atoms with Gasteiger partial charge in [-0.15, -0.1) is 0 Å². The number of fused-ring (bicyclic) bond motifs is 1. The van der Waals surface area contributed by atoms with Crippen LogP contribution in [0.25, 0.3) is 11.0 Å². The van der Waals surface area contributed by atoms with Crippen LogP contribution in [0.3, 0.4) is 0 Å². The number of esters is 1. The molecule has 9 heteroatoms. The Labute approximate surface area is 162 Å². The number of anilines is 3. The Balaban J connectivity index is 1.44. The van der Waals surface area contributed by atoms with E-state index in [0.29, 0.717) is 19.0 Å². The number of para-hydroxylation sites is 2. The molecule has 0 bridgehead atoms. The van der Waals surface area contributed by atoms with E-state index >= 15 is 0 Å². The van der Waals surface area contributed by atoms with Crippen molar-refractivity contribution < 1.29 is 9.53 Å². The molecule has 0 unspecified atom stereocenters. The number of nitrogen functional groups attached to an aromatic ring is 1. The normalized spacial score (nSPS) is 14.3. The number of piperazine rings is 1. The van der Waals surface area contributed by atoms with E-state index in [1.54, 1.807) is 13.1 Å². The molecule has 0 atom stereocenters. The Morgan fingerprint density at radius 1 is 1.04 bits per heavy atom. The second-order valence-electron chi connectivity index (χ2n) is 6.38. The summed E-state index contributed by atoms with van der Waals surface area (Å²) in [6.45, 7) is 4.97. The Bertz CT molecular complexity index is 1000. The smallest absolute Gasteiger partial charge is 0.343 e. The third-order valence-corrected chi connectivity index (χ3v) is 4.62. The van der Waals surface area contributed by atoms with Gasteiger partial charge in [-0.05, 0) is 19.1 Å². The highest BCUT2D eigenvalue weighted by atomic mass is 16.5. The van der Waals surface area contributed by atoms with Crippen molar-refractivity contribution in [1.29, 1.82) is 0 Å². The lowest BCUT2D eigenvalue weighted by Crippen LogP contribution is -2.47. The van der Waals surface area contributed by atoms with Crippen LogP contribution in [-0.2, 0) is 4.74 Å². The maximum absolute atomic E-state index is 11.8. The van der Waals surface area contributed by atoms with Gasteiger partial charge in [-0.1, -0.05) is 12.1 Å². The number of hydrogen-bond donors (Lipinski definition) is 1. The van der Waals surface area contributed by atoms with Crippen molar-refractivity contribution >= 4 is 34.6 Å². The summed E-state index contributed by atoms with van der Waals surface area (Å²) in [5.74, 6) is 0.990. The molecule has 0 saturated carbocycles. The third kappa shape index (κ3) is 3.51. The van der Waals surface area contributed by atoms with Crippen molar-refractivity contribution in [1.82, 2.24) is 19.9 Å². The minimum Gasteiger partial charge on any atom is -0.462 e. The van der Waals surface area contributed by atoms with Gasteiger partial charge in [0.15, 0.2) is 0 Å². The van der Waals surface area contributed by atoms with Crippen LogP contribution >= 0.6 is 0 Å². The van der Waals surface area contributed by atoms with Crippen molar-refractivity contribution in [3.63, 3.8) is 0 Å². The van der Waals surface area contributed by atoms with Crippen LogP contribution in [0.2, 0.25) is 0 Å². The van der Waals surface area contributed by atoms with Gasteiger partial charge in [0.05, 0.1) is 23.8 Å². The van der Waals surface area contributed by atoms with Crippen LogP contribution in [0.1, 0.15) is 17.3 Å². The number of aromatic nitrogens is 4. The van der Waals surface area contributed by atoms with Gasteiger partial charge < -0.3 is 20.3 Å². The van der Waals surface area contributed by atoms with Crippen LogP contribution in [0.5, 0.6) is 0 Å². The first kappa shape index (κ1) is 17.9. The Kier molecular flexibility index (Phi) is 4.88. The average molecular weight is 379 g/mol. The van der Waals surface area contributed by atoms with Crippen molar-refractivity contribution in [3.8, 4) is 0 Å². The number of carbonyl (C=O) groups is 1. The fourth-order valence-electron chi connectivity index (χ4n) is 3.14. The Hall–Kier alpha value is -3.49. The predicted molar refractivity (Wildman–Crippen MR) is 106 cm³/mol. The standard InChI is InChI=1S/C19H21N7O2/c1-2-28-18(27)13-11-22-19(24-17(13)20)26-9-7-25(8-10-26)16-12-21-14-5-3-4-6-15(14)23-16/h3-6,11-12H,2,7-10H2,1H3,(H2,20,22,24). The van der Waals surface area contributed by atoms with E-state index in [0.717, 1.165) is 29.9 Å². The van der Waals surface area contributed by atoms with Crippen molar-refractivity contribution in [2.45, 2.75) is 6.92 Å². The van der Waals surface area contributed by atoms with Crippen molar-refractivity contribution in [2.24, 2.45) is 0 Å². The minimum atomic E-state index is -0.508. The molecule has 3 aromatic rings. The number of nitrogens with two attached hydrogens (primary N) is 1. The average Bonchev–Trinajstić information content (AvgIpc) is 2.73. The number of nitrogens with zero attached hydrogens (tertiary/aromatic N) is 6. The molecule has 0 amide bonds. The van der Waals surface area contributed by atoms with Gasteiger partial charge in [0.25, 0.3) is 0 Å². The number of hydrogen-bond acceptors (Lipinski definition) is 9. The van der Waals surface area contributed by atoms with Gasteiger partial charge >= 0.3 is 5.97 Å². The zero-order valence-electron chi connectivity index (χ0n) is 15.6. The van der Waals surface area contributed by atoms with Gasteiger partial charge in [-0.3, -0.25) is 4.98 Å². The minimum absolute atomic E-state index is 0.131. The van der Waals surface area contributed by atoms with Crippen LogP contribution in [0, 0.1) is 0 Å². The lowest BCUT2D eigenvalue weighted by atomic mass is 10.3. The molecule has 1 fully saturated rings. The fourth-order valence-corrected chi connectivity index (χ4v) is 3.14. The molecule has 1 aliphatic heterocycles. The summed E-state index contributed by atoms with van der Waals surface area (Å²) in [6.07, 6.45) is 3.23. The molecule has 3 heterocycles. The molecule has 1 aromatic carbocycles. The van der Waals surface area contributed by atoms with Gasteiger partial charge in [-0.25, -0.2) is 14.8 Å². The summed E-state index contributed by atoms with van der Waals surface area (Å²) in [6, 6.07) is 7.82. The quantitative estimate of drug-likeness (QED) is 0.674. The predicted octanol–water partition coefficient (Wildman–Crippen LogP) is 1.51. The molecular weight excluding hydrogens is 358 g/mol. The lowest BCUT2D eigenvalue weighted by molar-refractivity contribution is 0.0527. The monoisotopic (exact) mass is 379 g/mol.